The highest BCUT2D eigenvalue weighted by atomic mass is 16.4. The third-order valence-corrected chi connectivity index (χ3v) is 2.88. The molecule has 0 radical (unpaired) electrons. The second-order valence-electron chi connectivity index (χ2n) is 3.77. The average Bonchev–Trinajstić information content (AvgIpc) is 2.59. The van der Waals surface area contributed by atoms with Crippen LogP contribution in [0.1, 0.15) is 19.3 Å². The van der Waals surface area contributed by atoms with Crippen molar-refractivity contribution in [3.05, 3.63) is 0 Å². The number of amides is 3. The first-order chi connectivity index (χ1) is 6.53. The second-order valence-corrected chi connectivity index (χ2v) is 3.77. The molecule has 1 spiro atoms. The predicted octanol–water partition coefficient (Wildman–Crippen LogP) is -0.551. The fraction of sp³-hybridized carbons (Fsp3) is 0.625. The van der Waals surface area contributed by atoms with Crippen molar-refractivity contribution in [1.82, 2.24) is 10.6 Å². The SMILES string of the molecule is O=C1NC(=O)[C@@]2(CC[C@H](C(=O)O)C2)N1. The van der Waals surface area contributed by atoms with Crippen LogP contribution < -0.4 is 10.6 Å². The zero-order chi connectivity index (χ0) is 10.3. The summed E-state index contributed by atoms with van der Waals surface area (Å²) < 4.78 is 0. The number of nitrogens with one attached hydrogen (secondary N) is 2. The fourth-order valence-electron chi connectivity index (χ4n) is 2.10. The molecule has 1 saturated carbocycles. The number of hydrogen-bond acceptors (Lipinski definition) is 3. The lowest BCUT2D eigenvalue weighted by Gasteiger charge is -2.18. The Kier molecular flexibility index (Phi) is 1.73. The van der Waals surface area contributed by atoms with E-state index in [1.54, 1.807) is 0 Å². The fourth-order valence-corrected chi connectivity index (χ4v) is 2.10. The Bertz CT molecular complexity index is 327. The minimum atomic E-state index is -0.958. The summed E-state index contributed by atoms with van der Waals surface area (Å²) in [5.74, 6) is -1.83. The highest BCUT2D eigenvalue weighted by Crippen LogP contribution is 2.36. The molecule has 3 N–H and O–H groups in total. The Morgan fingerprint density at radius 3 is 2.64 bits per heavy atom. The topological polar surface area (TPSA) is 95.5 Å². The van der Waals surface area contributed by atoms with Crippen LogP contribution in [0.3, 0.4) is 0 Å². The van der Waals surface area contributed by atoms with Crippen LogP contribution in [0.5, 0.6) is 0 Å². The molecule has 1 aliphatic heterocycles. The van der Waals surface area contributed by atoms with Gasteiger partial charge >= 0.3 is 12.0 Å². The minimum absolute atomic E-state index is 0.194. The van der Waals surface area contributed by atoms with Crippen molar-refractivity contribution in [3.8, 4) is 0 Å². The van der Waals surface area contributed by atoms with Gasteiger partial charge in [0, 0.05) is 0 Å². The van der Waals surface area contributed by atoms with Gasteiger partial charge in [0.2, 0.25) is 0 Å². The van der Waals surface area contributed by atoms with Crippen LogP contribution in [0.15, 0.2) is 0 Å². The number of carbonyl (C=O) groups is 3. The van der Waals surface area contributed by atoms with Crippen LogP contribution in [-0.2, 0) is 9.59 Å². The molecule has 0 unspecified atom stereocenters. The molecule has 0 aromatic rings. The van der Waals surface area contributed by atoms with E-state index < -0.39 is 29.4 Å². The van der Waals surface area contributed by atoms with Crippen molar-refractivity contribution in [1.29, 1.82) is 0 Å². The Hall–Kier alpha value is -1.59. The predicted molar refractivity (Wildman–Crippen MR) is 44.4 cm³/mol. The normalized spacial score (nSPS) is 35.9. The van der Waals surface area contributed by atoms with Crippen molar-refractivity contribution >= 4 is 17.9 Å². The number of aliphatic carboxylic acids is 1. The van der Waals surface area contributed by atoms with E-state index in [2.05, 4.69) is 10.6 Å². The van der Waals surface area contributed by atoms with Crippen LogP contribution in [0.4, 0.5) is 4.79 Å². The van der Waals surface area contributed by atoms with Crippen LogP contribution in [-0.4, -0.2) is 28.6 Å². The minimum Gasteiger partial charge on any atom is -0.481 e. The summed E-state index contributed by atoms with van der Waals surface area (Å²) in [5, 5.41) is 13.4. The van der Waals surface area contributed by atoms with Crippen molar-refractivity contribution < 1.29 is 19.5 Å². The van der Waals surface area contributed by atoms with E-state index in [0.717, 1.165) is 0 Å². The molecule has 1 saturated heterocycles. The summed E-state index contributed by atoms with van der Waals surface area (Å²) in [6.45, 7) is 0. The summed E-state index contributed by atoms with van der Waals surface area (Å²) in [4.78, 5) is 33.0. The molecular formula is C8H10N2O4. The maximum Gasteiger partial charge on any atom is 0.322 e. The summed E-state index contributed by atoms with van der Waals surface area (Å²) in [5.41, 5.74) is -0.958. The van der Waals surface area contributed by atoms with Crippen molar-refractivity contribution in [3.63, 3.8) is 0 Å². The molecule has 2 fully saturated rings. The highest BCUT2D eigenvalue weighted by Gasteiger charge is 2.52. The monoisotopic (exact) mass is 198 g/mol. The van der Waals surface area contributed by atoms with Gasteiger partial charge < -0.3 is 10.4 Å². The zero-order valence-electron chi connectivity index (χ0n) is 7.37. The summed E-state index contributed by atoms with van der Waals surface area (Å²) in [7, 11) is 0. The second kappa shape index (κ2) is 2.70. The molecule has 14 heavy (non-hydrogen) atoms. The standard InChI is InChI=1S/C8H10N2O4/c11-5(12)4-1-2-8(3-4)6(13)9-7(14)10-8/h4H,1-3H2,(H,11,12)(H2,9,10,13,14)/t4-,8-/m0/s1. The van der Waals surface area contributed by atoms with E-state index in [4.69, 9.17) is 5.11 Å². The molecule has 1 heterocycles. The molecule has 0 bridgehead atoms. The lowest BCUT2D eigenvalue weighted by molar-refractivity contribution is -0.141. The van der Waals surface area contributed by atoms with Crippen molar-refractivity contribution in [2.75, 3.05) is 0 Å². The van der Waals surface area contributed by atoms with Gasteiger partial charge in [0.25, 0.3) is 5.91 Å². The molecule has 76 valence electrons. The van der Waals surface area contributed by atoms with Gasteiger partial charge in [0.15, 0.2) is 0 Å². The number of hydrogen-bond donors (Lipinski definition) is 3. The number of urea groups is 1. The van der Waals surface area contributed by atoms with E-state index >= 15 is 0 Å². The zero-order valence-corrected chi connectivity index (χ0v) is 7.37. The lowest BCUT2D eigenvalue weighted by Crippen LogP contribution is -2.44. The maximum atomic E-state index is 11.4. The van der Waals surface area contributed by atoms with E-state index in [0.29, 0.717) is 12.8 Å². The first-order valence-corrected chi connectivity index (χ1v) is 4.40. The molecule has 2 atom stereocenters. The Labute approximate surface area is 79.7 Å². The molecule has 0 aromatic heterocycles. The summed E-state index contributed by atoms with van der Waals surface area (Å²) in [6, 6.07) is -0.527. The average molecular weight is 198 g/mol. The van der Waals surface area contributed by atoms with E-state index in [1.807, 2.05) is 0 Å². The first-order valence-electron chi connectivity index (χ1n) is 4.40. The third-order valence-electron chi connectivity index (χ3n) is 2.88. The number of carbonyl (C=O) groups excluding carboxylic acids is 2. The molecule has 3 amide bonds. The molecule has 0 aromatic carbocycles. The van der Waals surface area contributed by atoms with Crippen LogP contribution in [0.25, 0.3) is 0 Å². The molecule has 2 aliphatic rings. The largest absolute Gasteiger partial charge is 0.481 e. The highest BCUT2D eigenvalue weighted by molar-refractivity contribution is 6.07. The molecular weight excluding hydrogens is 188 g/mol. The van der Waals surface area contributed by atoms with Crippen molar-refractivity contribution in [2.24, 2.45) is 5.92 Å². The van der Waals surface area contributed by atoms with E-state index in [1.165, 1.54) is 0 Å². The Balaban J connectivity index is 2.17. The van der Waals surface area contributed by atoms with Gasteiger partial charge in [-0.3, -0.25) is 14.9 Å². The quantitative estimate of drug-likeness (QED) is 0.492. The Morgan fingerprint density at radius 2 is 2.21 bits per heavy atom. The third kappa shape index (κ3) is 1.14. The van der Waals surface area contributed by atoms with Crippen LogP contribution >= 0.6 is 0 Å². The van der Waals surface area contributed by atoms with Gasteiger partial charge in [0.1, 0.15) is 5.54 Å². The molecule has 6 nitrogen and oxygen atoms in total. The smallest absolute Gasteiger partial charge is 0.322 e. The number of carboxylic acids is 1. The molecule has 6 heteroatoms. The van der Waals surface area contributed by atoms with Crippen molar-refractivity contribution in [2.45, 2.75) is 24.8 Å². The van der Waals surface area contributed by atoms with E-state index in [-0.39, 0.29) is 6.42 Å². The van der Waals surface area contributed by atoms with Crippen LogP contribution in [0, 0.1) is 5.92 Å². The van der Waals surface area contributed by atoms with Gasteiger partial charge in [-0.05, 0) is 19.3 Å². The van der Waals surface area contributed by atoms with Gasteiger partial charge in [-0.15, -0.1) is 0 Å². The summed E-state index contributed by atoms with van der Waals surface area (Å²) in [6.07, 6.45) is 1.03. The number of imide groups is 1. The van der Waals surface area contributed by atoms with Crippen LogP contribution in [0.2, 0.25) is 0 Å². The van der Waals surface area contributed by atoms with Gasteiger partial charge in [-0.1, -0.05) is 0 Å². The van der Waals surface area contributed by atoms with E-state index in [9.17, 15) is 14.4 Å². The maximum absolute atomic E-state index is 11.4. The van der Waals surface area contributed by atoms with Gasteiger partial charge in [-0.2, -0.15) is 0 Å². The lowest BCUT2D eigenvalue weighted by atomic mass is 9.96. The summed E-state index contributed by atoms with van der Waals surface area (Å²) >= 11 is 0. The molecule has 2 rings (SSSR count). The van der Waals surface area contributed by atoms with Gasteiger partial charge in [-0.25, -0.2) is 4.79 Å². The Morgan fingerprint density at radius 1 is 1.50 bits per heavy atom. The first kappa shape index (κ1) is 8.98. The number of carboxylic acid groups (broad SMARTS) is 1. The van der Waals surface area contributed by atoms with Gasteiger partial charge in [0.05, 0.1) is 5.92 Å². The molecule has 1 aliphatic carbocycles. The number of rotatable bonds is 1.